The minimum absolute atomic E-state index is 0.106. The Labute approximate surface area is 157 Å². The van der Waals surface area contributed by atoms with Gasteiger partial charge in [-0.05, 0) is 45.6 Å². The fourth-order valence-electron chi connectivity index (χ4n) is 3.79. The third kappa shape index (κ3) is 2.91. The molecule has 7 nitrogen and oxygen atoms in total. The first kappa shape index (κ1) is 16.5. The maximum absolute atomic E-state index is 13.2. The van der Waals surface area contributed by atoms with E-state index in [1.165, 1.54) is 0 Å². The lowest BCUT2D eigenvalue weighted by atomic mass is 10.0. The Bertz CT molecular complexity index is 1040. The Morgan fingerprint density at radius 3 is 2.67 bits per heavy atom. The van der Waals surface area contributed by atoms with Crippen LogP contribution in [0.4, 0.5) is 0 Å². The Balaban J connectivity index is 1.53. The van der Waals surface area contributed by atoms with Crippen molar-refractivity contribution in [2.75, 3.05) is 0 Å². The summed E-state index contributed by atoms with van der Waals surface area (Å²) in [5, 5.41) is 12.5. The molecule has 0 bridgehead atoms. The molecule has 1 N–H and O–H groups in total. The SMILES string of the molecule is Cc1nn(C)cc1C(C)NC(=O)c1cc(C2CC2)nc2onc(C3CC3)c12. The number of hydrogen-bond acceptors (Lipinski definition) is 5. The van der Waals surface area contributed by atoms with Crippen LogP contribution in [0.25, 0.3) is 11.1 Å². The summed E-state index contributed by atoms with van der Waals surface area (Å²) in [4.78, 5) is 17.9. The standard InChI is InChI=1S/C20H23N5O2/c1-10(15-9-25(3)23-11(15)2)21-19(26)14-8-16(12-4-5-12)22-20-17(14)18(24-27-20)13-6-7-13/h8-10,12-13H,4-7H2,1-3H3,(H,21,26). The van der Waals surface area contributed by atoms with Gasteiger partial charge >= 0.3 is 0 Å². The number of hydrogen-bond donors (Lipinski definition) is 1. The summed E-state index contributed by atoms with van der Waals surface area (Å²) in [6.07, 6.45) is 6.38. The van der Waals surface area contributed by atoms with Gasteiger partial charge in [-0.15, -0.1) is 0 Å². The van der Waals surface area contributed by atoms with E-state index in [1.54, 1.807) is 4.68 Å². The molecule has 2 aliphatic rings. The zero-order valence-corrected chi connectivity index (χ0v) is 15.8. The second kappa shape index (κ2) is 5.90. The van der Waals surface area contributed by atoms with Crippen LogP contribution in [0.1, 0.15) is 83.5 Å². The molecular weight excluding hydrogens is 342 g/mol. The van der Waals surface area contributed by atoms with Gasteiger partial charge in [0.1, 0.15) is 0 Å². The minimum atomic E-state index is -0.136. The molecule has 3 heterocycles. The van der Waals surface area contributed by atoms with Crippen molar-refractivity contribution < 1.29 is 9.32 Å². The fraction of sp³-hybridized carbons (Fsp3) is 0.500. The number of aromatic nitrogens is 4. The Hall–Kier alpha value is -2.70. The quantitative estimate of drug-likeness (QED) is 0.748. The Morgan fingerprint density at radius 2 is 2.04 bits per heavy atom. The van der Waals surface area contributed by atoms with Crippen LogP contribution in [-0.4, -0.2) is 25.8 Å². The normalized spacial score (nSPS) is 18.0. The van der Waals surface area contributed by atoms with Gasteiger partial charge in [0.15, 0.2) is 0 Å². The first-order valence-electron chi connectivity index (χ1n) is 9.62. The van der Waals surface area contributed by atoms with Crippen molar-refractivity contribution in [1.29, 1.82) is 0 Å². The molecule has 140 valence electrons. The third-order valence-electron chi connectivity index (χ3n) is 5.56. The van der Waals surface area contributed by atoms with Crippen molar-refractivity contribution in [3.8, 4) is 0 Å². The summed E-state index contributed by atoms with van der Waals surface area (Å²) in [5.74, 6) is 0.725. The van der Waals surface area contributed by atoms with E-state index in [9.17, 15) is 4.79 Å². The highest BCUT2D eigenvalue weighted by molar-refractivity contribution is 6.06. The molecule has 0 aliphatic heterocycles. The molecular formula is C20H23N5O2. The summed E-state index contributed by atoms with van der Waals surface area (Å²) >= 11 is 0. The molecule has 2 fully saturated rings. The van der Waals surface area contributed by atoms with Crippen LogP contribution in [0, 0.1) is 6.92 Å². The molecule has 1 atom stereocenters. The van der Waals surface area contributed by atoms with Crippen LogP contribution in [0.15, 0.2) is 16.8 Å². The van der Waals surface area contributed by atoms with Crippen molar-refractivity contribution in [3.63, 3.8) is 0 Å². The van der Waals surface area contributed by atoms with Gasteiger partial charge in [-0.1, -0.05) is 5.16 Å². The lowest BCUT2D eigenvalue weighted by Gasteiger charge is -2.14. The predicted octanol–water partition coefficient (Wildman–Crippen LogP) is 3.51. The molecule has 1 unspecified atom stereocenters. The molecule has 5 rings (SSSR count). The zero-order chi connectivity index (χ0) is 18.7. The second-order valence-corrected chi connectivity index (χ2v) is 7.93. The molecule has 2 aliphatic carbocycles. The van der Waals surface area contributed by atoms with Crippen molar-refractivity contribution in [3.05, 3.63) is 40.5 Å². The zero-order valence-electron chi connectivity index (χ0n) is 15.8. The number of fused-ring (bicyclic) bond motifs is 1. The molecule has 0 aromatic carbocycles. The first-order chi connectivity index (χ1) is 13.0. The van der Waals surface area contributed by atoms with Crippen LogP contribution in [0.2, 0.25) is 0 Å². The van der Waals surface area contributed by atoms with E-state index >= 15 is 0 Å². The van der Waals surface area contributed by atoms with Crippen LogP contribution in [-0.2, 0) is 7.05 Å². The largest absolute Gasteiger partial charge is 0.345 e. The lowest BCUT2D eigenvalue weighted by Crippen LogP contribution is -2.27. The van der Waals surface area contributed by atoms with Crippen LogP contribution in [0.3, 0.4) is 0 Å². The van der Waals surface area contributed by atoms with Crippen molar-refractivity contribution in [2.24, 2.45) is 7.05 Å². The lowest BCUT2D eigenvalue weighted by molar-refractivity contribution is 0.0941. The topological polar surface area (TPSA) is 85.8 Å². The second-order valence-electron chi connectivity index (χ2n) is 7.93. The number of aryl methyl sites for hydroxylation is 2. The number of carbonyl (C=O) groups excluding carboxylic acids is 1. The van der Waals surface area contributed by atoms with Crippen molar-refractivity contribution in [2.45, 2.75) is 57.4 Å². The van der Waals surface area contributed by atoms with Gasteiger partial charge < -0.3 is 9.84 Å². The highest BCUT2D eigenvalue weighted by Gasteiger charge is 2.34. The molecule has 7 heteroatoms. The monoisotopic (exact) mass is 365 g/mol. The van der Waals surface area contributed by atoms with Crippen molar-refractivity contribution >= 4 is 17.0 Å². The average Bonchev–Trinajstić information content (AvgIpc) is 3.56. The molecule has 1 amide bonds. The summed E-state index contributed by atoms with van der Waals surface area (Å²) in [7, 11) is 1.89. The summed E-state index contributed by atoms with van der Waals surface area (Å²) in [5.41, 5.74) is 4.90. The highest BCUT2D eigenvalue weighted by Crippen LogP contribution is 2.45. The van der Waals surface area contributed by atoms with Gasteiger partial charge in [0.25, 0.3) is 11.6 Å². The molecule has 27 heavy (non-hydrogen) atoms. The molecule has 3 aromatic rings. The maximum atomic E-state index is 13.2. The van der Waals surface area contributed by atoms with Crippen LogP contribution >= 0.6 is 0 Å². The maximum Gasteiger partial charge on any atom is 0.259 e. The van der Waals surface area contributed by atoms with E-state index in [2.05, 4.69) is 20.6 Å². The van der Waals surface area contributed by atoms with E-state index in [-0.39, 0.29) is 11.9 Å². The summed E-state index contributed by atoms with van der Waals surface area (Å²) < 4.78 is 7.29. The minimum Gasteiger partial charge on any atom is -0.345 e. The Kier molecular flexibility index (Phi) is 3.60. The number of pyridine rings is 1. The summed E-state index contributed by atoms with van der Waals surface area (Å²) in [6.45, 7) is 3.94. The number of carbonyl (C=O) groups is 1. The van der Waals surface area contributed by atoms with Gasteiger partial charge in [-0.3, -0.25) is 9.48 Å². The Morgan fingerprint density at radius 1 is 1.30 bits per heavy atom. The first-order valence-corrected chi connectivity index (χ1v) is 9.62. The van der Waals surface area contributed by atoms with E-state index in [1.807, 2.05) is 33.2 Å². The molecule has 0 saturated heterocycles. The van der Waals surface area contributed by atoms with E-state index < -0.39 is 0 Å². The van der Waals surface area contributed by atoms with Gasteiger partial charge in [-0.2, -0.15) is 5.10 Å². The average molecular weight is 365 g/mol. The van der Waals surface area contributed by atoms with Gasteiger partial charge in [-0.25, -0.2) is 4.98 Å². The smallest absolute Gasteiger partial charge is 0.259 e. The number of rotatable bonds is 5. The van der Waals surface area contributed by atoms with Crippen molar-refractivity contribution in [1.82, 2.24) is 25.2 Å². The van der Waals surface area contributed by atoms with Gasteiger partial charge in [0.2, 0.25) is 0 Å². The molecule has 0 spiro atoms. The van der Waals surface area contributed by atoms with E-state index in [4.69, 9.17) is 4.52 Å². The van der Waals surface area contributed by atoms with E-state index in [0.717, 1.165) is 53.7 Å². The van der Waals surface area contributed by atoms with Gasteiger partial charge in [0, 0.05) is 36.3 Å². The highest BCUT2D eigenvalue weighted by atomic mass is 16.5. The number of amides is 1. The number of nitrogens with zero attached hydrogens (tertiary/aromatic N) is 4. The molecule has 0 radical (unpaired) electrons. The van der Waals surface area contributed by atoms with Crippen LogP contribution in [0.5, 0.6) is 0 Å². The number of nitrogens with one attached hydrogen (secondary N) is 1. The molecule has 3 aromatic heterocycles. The van der Waals surface area contributed by atoms with Gasteiger partial charge in [0.05, 0.1) is 28.4 Å². The fourth-order valence-corrected chi connectivity index (χ4v) is 3.79. The van der Waals surface area contributed by atoms with Crippen LogP contribution < -0.4 is 5.32 Å². The summed E-state index contributed by atoms with van der Waals surface area (Å²) in [6, 6.07) is 1.81. The van der Waals surface area contributed by atoms with E-state index in [0.29, 0.717) is 23.1 Å². The molecule has 2 saturated carbocycles. The predicted molar refractivity (Wildman–Crippen MR) is 99.6 cm³/mol. The third-order valence-corrected chi connectivity index (χ3v) is 5.56.